The maximum absolute atomic E-state index is 14.1. The standard InChI is InChI=1S/C39H46N5O6P/c1-8-31-24-44(23-30-21-40-19-18-35(30)49-31)22-29-20-28(15-14-26(29)2)36(33-16-17-34-37(27(33)3)41-42-43(34)6)39(4,5)38(45)47-25-48-51(7,46)50-32-12-10-9-11-13-32/h9-21,31,36H,8,22-25H2,1-7H3/t31-,36+,51-/m1/s1. The van der Waals surface area contributed by atoms with E-state index in [9.17, 15) is 9.36 Å². The maximum atomic E-state index is 14.1. The van der Waals surface area contributed by atoms with Gasteiger partial charge in [0.05, 0.1) is 17.6 Å². The van der Waals surface area contributed by atoms with Crippen LogP contribution >= 0.6 is 7.60 Å². The summed E-state index contributed by atoms with van der Waals surface area (Å²) in [6, 6.07) is 21.1. The molecule has 0 radical (unpaired) electrons. The summed E-state index contributed by atoms with van der Waals surface area (Å²) < 4.78 is 37.9. The van der Waals surface area contributed by atoms with E-state index in [1.807, 2.05) is 58.3 Å². The first-order valence-corrected chi connectivity index (χ1v) is 19.2. The molecule has 12 heteroatoms. The SMILES string of the molecule is CC[C@@H]1CN(Cc2cc([C@@H](c3ccc4c(nnn4C)c3C)C(C)(C)C(=O)OCO[P@@](C)(=O)Oc3ccccc3)ccc2C)Cc2cnccc2O1. The van der Waals surface area contributed by atoms with Crippen molar-refractivity contribution in [3.63, 3.8) is 0 Å². The Morgan fingerprint density at radius 2 is 1.88 bits per heavy atom. The predicted molar refractivity (Wildman–Crippen MR) is 196 cm³/mol. The van der Waals surface area contributed by atoms with Crippen molar-refractivity contribution in [1.82, 2.24) is 24.9 Å². The van der Waals surface area contributed by atoms with Crippen molar-refractivity contribution in [3.05, 3.63) is 113 Å². The summed E-state index contributed by atoms with van der Waals surface area (Å²) in [6.45, 7) is 13.0. The van der Waals surface area contributed by atoms with Crippen LogP contribution in [0.1, 0.15) is 66.5 Å². The molecule has 3 atom stereocenters. The van der Waals surface area contributed by atoms with Gasteiger partial charge in [-0.15, -0.1) is 5.10 Å². The lowest BCUT2D eigenvalue weighted by atomic mass is 9.69. The van der Waals surface area contributed by atoms with Crippen LogP contribution in [0.3, 0.4) is 0 Å². The molecule has 2 aromatic heterocycles. The molecule has 51 heavy (non-hydrogen) atoms. The largest absolute Gasteiger partial charge is 0.489 e. The zero-order chi connectivity index (χ0) is 36.3. The van der Waals surface area contributed by atoms with Gasteiger partial charge in [0.1, 0.15) is 23.1 Å². The highest BCUT2D eigenvalue weighted by Gasteiger charge is 2.42. The van der Waals surface area contributed by atoms with Gasteiger partial charge in [0.25, 0.3) is 0 Å². The van der Waals surface area contributed by atoms with Crippen molar-refractivity contribution in [3.8, 4) is 11.5 Å². The van der Waals surface area contributed by atoms with E-state index in [0.717, 1.165) is 63.1 Å². The first-order valence-electron chi connectivity index (χ1n) is 17.2. The topological polar surface area (TPSA) is 118 Å². The molecular weight excluding hydrogens is 665 g/mol. The zero-order valence-corrected chi connectivity index (χ0v) is 31.2. The summed E-state index contributed by atoms with van der Waals surface area (Å²) in [6.07, 6.45) is 4.59. The summed E-state index contributed by atoms with van der Waals surface area (Å²) in [5.41, 5.74) is 6.75. The second kappa shape index (κ2) is 15.0. The van der Waals surface area contributed by atoms with Gasteiger partial charge in [0.15, 0.2) is 0 Å². The van der Waals surface area contributed by atoms with E-state index in [4.69, 9.17) is 18.5 Å². The van der Waals surface area contributed by atoms with Gasteiger partial charge in [-0.25, -0.2) is 9.25 Å². The molecule has 6 rings (SSSR count). The number of aryl methyl sites for hydroxylation is 3. The first-order chi connectivity index (χ1) is 24.4. The molecule has 3 heterocycles. The second-order valence-corrected chi connectivity index (χ2v) is 15.8. The van der Waals surface area contributed by atoms with Gasteiger partial charge in [0.2, 0.25) is 6.79 Å². The van der Waals surface area contributed by atoms with E-state index in [1.54, 1.807) is 35.1 Å². The monoisotopic (exact) mass is 711 g/mol. The Kier molecular flexibility index (Phi) is 10.6. The van der Waals surface area contributed by atoms with Gasteiger partial charge in [-0.05, 0) is 86.2 Å². The molecule has 0 saturated carbocycles. The minimum absolute atomic E-state index is 0.0543. The highest BCUT2D eigenvalue weighted by Crippen LogP contribution is 2.47. The van der Waals surface area contributed by atoms with E-state index < -0.39 is 31.7 Å². The molecule has 0 amide bonds. The minimum Gasteiger partial charge on any atom is -0.489 e. The fourth-order valence-electron chi connectivity index (χ4n) is 6.80. The number of hydrogen-bond donors (Lipinski definition) is 0. The number of esters is 1. The van der Waals surface area contributed by atoms with Gasteiger partial charge in [-0.1, -0.05) is 54.6 Å². The lowest BCUT2D eigenvalue weighted by Gasteiger charge is -2.34. The fraction of sp³-hybridized carbons (Fsp3) is 0.385. The van der Waals surface area contributed by atoms with E-state index in [-0.39, 0.29) is 6.10 Å². The van der Waals surface area contributed by atoms with Crippen LogP contribution in [0, 0.1) is 19.3 Å². The van der Waals surface area contributed by atoms with Gasteiger partial charge in [0, 0.05) is 50.6 Å². The summed E-state index contributed by atoms with van der Waals surface area (Å²) in [5, 5.41) is 8.70. The number of aromatic nitrogens is 4. The predicted octanol–water partition coefficient (Wildman–Crippen LogP) is 7.73. The Hall–Kier alpha value is -4.57. The molecule has 0 spiro atoms. The number of rotatable bonds is 12. The lowest BCUT2D eigenvalue weighted by molar-refractivity contribution is -0.161. The van der Waals surface area contributed by atoms with Crippen LogP contribution in [-0.2, 0) is 38.8 Å². The molecule has 0 N–H and O–H groups in total. The number of nitrogens with zero attached hydrogens (tertiary/aromatic N) is 5. The maximum Gasteiger partial charge on any atom is 0.379 e. The fourth-order valence-corrected chi connectivity index (χ4v) is 7.60. The van der Waals surface area contributed by atoms with Crippen LogP contribution in [0.2, 0.25) is 0 Å². The molecule has 1 aliphatic heterocycles. The number of pyridine rings is 1. The molecule has 0 aliphatic carbocycles. The molecule has 1 aliphatic rings. The average molecular weight is 712 g/mol. The Morgan fingerprint density at radius 1 is 1.10 bits per heavy atom. The highest BCUT2D eigenvalue weighted by atomic mass is 31.2. The summed E-state index contributed by atoms with van der Waals surface area (Å²) in [7, 11) is -1.71. The highest BCUT2D eigenvalue weighted by molar-refractivity contribution is 7.53. The molecular formula is C39H46N5O6P. The number of para-hydroxylation sites is 1. The molecule has 3 aromatic carbocycles. The number of hydrogen-bond acceptors (Lipinski definition) is 10. The minimum atomic E-state index is -3.57. The third-order valence-electron chi connectivity index (χ3n) is 9.69. The molecule has 0 saturated heterocycles. The zero-order valence-electron chi connectivity index (χ0n) is 30.3. The number of ether oxygens (including phenoxy) is 2. The number of carbonyl (C=O) groups is 1. The van der Waals surface area contributed by atoms with Crippen LogP contribution in [-0.4, -0.2) is 57.0 Å². The number of carbonyl (C=O) groups excluding carboxylic acids is 1. The molecule has 0 fully saturated rings. The quantitative estimate of drug-likeness (QED) is 0.0723. The van der Waals surface area contributed by atoms with E-state index in [1.165, 1.54) is 6.66 Å². The Morgan fingerprint density at radius 3 is 2.65 bits per heavy atom. The van der Waals surface area contributed by atoms with Crippen molar-refractivity contribution in [1.29, 1.82) is 0 Å². The van der Waals surface area contributed by atoms with Crippen LogP contribution in [0.4, 0.5) is 0 Å². The summed E-state index contributed by atoms with van der Waals surface area (Å²) >= 11 is 0. The first kappa shape index (κ1) is 36.2. The van der Waals surface area contributed by atoms with Crippen LogP contribution in [0.5, 0.6) is 11.5 Å². The van der Waals surface area contributed by atoms with E-state index in [0.29, 0.717) is 18.8 Å². The van der Waals surface area contributed by atoms with Gasteiger partial charge in [-0.3, -0.25) is 19.2 Å². The van der Waals surface area contributed by atoms with Crippen LogP contribution in [0.25, 0.3) is 11.0 Å². The molecule has 5 aromatic rings. The average Bonchev–Trinajstić information content (AvgIpc) is 3.38. The van der Waals surface area contributed by atoms with Gasteiger partial charge < -0.3 is 14.0 Å². The van der Waals surface area contributed by atoms with Crippen LogP contribution < -0.4 is 9.26 Å². The number of fused-ring (bicyclic) bond motifs is 2. The lowest BCUT2D eigenvalue weighted by Crippen LogP contribution is -2.35. The third-order valence-corrected chi connectivity index (χ3v) is 10.8. The third kappa shape index (κ3) is 8.01. The Labute approximate surface area is 299 Å². The van der Waals surface area contributed by atoms with Crippen molar-refractivity contribution in [2.45, 2.75) is 66.2 Å². The normalized spacial score (nSPS) is 16.8. The number of benzene rings is 3. The summed E-state index contributed by atoms with van der Waals surface area (Å²) in [4.78, 5) is 20.8. The van der Waals surface area contributed by atoms with Crippen LogP contribution in [0.15, 0.2) is 79.1 Å². The molecule has 0 unspecified atom stereocenters. The van der Waals surface area contributed by atoms with Gasteiger partial charge >= 0.3 is 13.6 Å². The molecule has 11 nitrogen and oxygen atoms in total. The summed E-state index contributed by atoms with van der Waals surface area (Å²) in [5.74, 6) is 0.340. The van der Waals surface area contributed by atoms with E-state index >= 15 is 0 Å². The molecule has 268 valence electrons. The molecule has 0 bridgehead atoms. The van der Waals surface area contributed by atoms with Crippen molar-refractivity contribution >= 4 is 24.6 Å². The van der Waals surface area contributed by atoms with Crippen molar-refractivity contribution in [2.75, 3.05) is 20.0 Å². The van der Waals surface area contributed by atoms with Gasteiger partial charge in [-0.2, -0.15) is 0 Å². The Bertz CT molecular complexity index is 2070. The van der Waals surface area contributed by atoms with Crippen molar-refractivity contribution < 1.29 is 27.9 Å². The smallest absolute Gasteiger partial charge is 0.379 e. The Balaban J connectivity index is 1.31. The van der Waals surface area contributed by atoms with E-state index in [2.05, 4.69) is 52.2 Å². The second-order valence-electron chi connectivity index (χ2n) is 13.9. The van der Waals surface area contributed by atoms with Crippen molar-refractivity contribution in [2.24, 2.45) is 12.5 Å².